The molecular formula is C19H33N5O. The van der Waals surface area contributed by atoms with E-state index in [0.29, 0.717) is 6.04 Å². The number of likely N-dealkylation sites (N-methyl/N-ethyl adjacent to an activating group) is 2. The van der Waals surface area contributed by atoms with E-state index >= 15 is 0 Å². The topological polar surface area (TPSA) is 52.1 Å². The fourth-order valence-electron chi connectivity index (χ4n) is 3.18. The molecule has 1 heterocycles. The van der Waals surface area contributed by atoms with Gasteiger partial charge in [-0.05, 0) is 39.1 Å². The number of ether oxygens (including phenoxy) is 1. The van der Waals surface area contributed by atoms with Gasteiger partial charge in [0.05, 0.1) is 7.11 Å². The van der Waals surface area contributed by atoms with Crippen LogP contribution >= 0.6 is 0 Å². The Balaban J connectivity index is 1.80. The van der Waals surface area contributed by atoms with Gasteiger partial charge >= 0.3 is 0 Å². The van der Waals surface area contributed by atoms with Gasteiger partial charge in [-0.15, -0.1) is 0 Å². The van der Waals surface area contributed by atoms with E-state index in [1.165, 1.54) is 11.1 Å². The van der Waals surface area contributed by atoms with Crippen molar-refractivity contribution in [1.82, 2.24) is 20.4 Å². The van der Waals surface area contributed by atoms with Crippen molar-refractivity contribution in [1.29, 1.82) is 0 Å². The number of nitrogens with one attached hydrogen (secondary N) is 2. The predicted molar refractivity (Wildman–Crippen MR) is 105 cm³/mol. The summed E-state index contributed by atoms with van der Waals surface area (Å²) in [5.41, 5.74) is 2.47. The molecule has 140 valence electrons. The van der Waals surface area contributed by atoms with Crippen LogP contribution in [0.15, 0.2) is 23.2 Å². The highest BCUT2D eigenvalue weighted by Crippen LogP contribution is 2.19. The number of hydrogen-bond acceptors (Lipinski definition) is 4. The first-order valence-corrected chi connectivity index (χ1v) is 9.00. The van der Waals surface area contributed by atoms with Gasteiger partial charge < -0.3 is 20.3 Å². The van der Waals surface area contributed by atoms with Crippen LogP contribution in [0.5, 0.6) is 5.75 Å². The van der Waals surface area contributed by atoms with Crippen LogP contribution in [0.3, 0.4) is 0 Å². The molecule has 1 unspecified atom stereocenters. The Morgan fingerprint density at radius 1 is 1.28 bits per heavy atom. The van der Waals surface area contributed by atoms with Crippen LogP contribution in [0, 0.1) is 6.92 Å². The molecular weight excluding hydrogens is 314 g/mol. The zero-order chi connectivity index (χ0) is 18.2. The summed E-state index contributed by atoms with van der Waals surface area (Å²) in [5, 5.41) is 6.86. The van der Waals surface area contributed by atoms with Gasteiger partial charge in [-0.2, -0.15) is 0 Å². The third kappa shape index (κ3) is 5.90. The van der Waals surface area contributed by atoms with Crippen molar-refractivity contribution in [3.05, 3.63) is 29.3 Å². The van der Waals surface area contributed by atoms with Crippen molar-refractivity contribution in [3.63, 3.8) is 0 Å². The molecule has 1 atom stereocenters. The summed E-state index contributed by atoms with van der Waals surface area (Å²) < 4.78 is 5.45. The Hall–Kier alpha value is -1.79. The van der Waals surface area contributed by atoms with Gasteiger partial charge in [-0.3, -0.25) is 9.89 Å². The Labute approximate surface area is 152 Å². The normalized spacial score (nSPS) is 19.7. The molecule has 1 saturated heterocycles. The van der Waals surface area contributed by atoms with E-state index in [1.807, 2.05) is 13.1 Å². The smallest absolute Gasteiger partial charge is 0.191 e. The summed E-state index contributed by atoms with van der Waals surface area (Å²) in [6, 6.07) is 6.80. The maximum absolute atomic E-state index is 5.45. The molecule has 0 radical (unpaired) electrons. The number of aryl methyl sites for hydroxylation is 1. The van der Waals surface area contributed by atoms with E-state index in [-0.39, 0.29) is 0 Å². The second kappa shape index (κ2) is 9.63. The lowest BCUT2D eigenvalue weighted by Gasteiger charge is -2.37. The molecule has 0 aliphatic carbocycles. The Kier molecular flexibility index (Phi) is 7.52. The van der Waals surface area contributed by atoms with Crippen molar-refractivity contribution in [2.75, 3.05) is 61.0 Å². The van der Waals surface area contributed by atoms with Gasteiger partial charge in [0.2, 0.25) is 0 Å². The van der Waals surface area contributed by atoms with E-state index in [4.69, 9.17) is 4.74 Å². The minimum absolute atomic E-state index is 0.508. The van der Waals surface area contributed by atoms with Crippen LogP contribution in [0.1, 0.15) is 11.1 Å². The lowest BCUT2D eigenvalue weighted by molar-refractivity contribution is 0.116. The summed E-state index contributed by atoms with van der Waals surface area (Å²) in [4.78, 5) is 9.13. The maximum Gasteiger partial charge on any atom is 0.191 e. The van der Waals surface area contributed by atoms with Gasteiger partial charge in [0.1, 0.15) is 5.75 Å². The Morgan fingerprint density at radius 2 is 2.08 bits per heavy atom. The van der Waals surface area contributed by atoms with Crippen molar-refractivity contribution >= 4 is 5.96 Å². The average molecular weight is 348 g/mol. The number of rotatable bonds is 6. The van der Waals surface area contributed by atoms with Gasteiger partial charge in [-0.1, -0.05) is 17.7 Å². The van der Waals surface area contributed by atoms with Gasteiger partial charge in [-0.25, -0.2) is 0 Å². The quantitative estimate of drug-likeness (QED) is 0.593. The molecule has 1 aromatic carbocycles. The largest absolute Gasteiger partial charge is 0.496 e. The van der Waals surface area contributed by atoms with E-state index in [2.05, 4.69) is 58.6 Å². The van der Waals surface area contributed by atoms with Crippen LogP contribution in [-0.4, -0.2) is 82.8 Å². The summed E-state index contributed by atoms with van der Waals surface area (Å²) in [5.74, 6) is 1.80. The minimum atomic E-state index is 0.508. The molecule has 0 amide bonds. The molecule has 0 aromatic heterocycles. The predicted octanol–water partition coefficient (Wildman–Crippen LogP) is 0.957. The lowest BCUT2D eigenvalue weighted by atomic mass is 10.1. The molecule has 0 bridgehead atoms. The lowest BCUT2D eigenvalue weighted by Crippen LogP contribution is -2.55. The third-order valence-corrected chi connectivity index (χ3v) is 4.83. The second-order valence-corrected chi connectivity index (χ2v) is 6.84. The van der Waals surface area contributed by atoms with Gasteiger partial charge in [0.25, 0.3) is 0 Å². The first-order chi connectivity index (χ1) is 12.0. The summed E-state index contributed by atoms with van der Waals surface area (Å²) in [7, 11) is 7.92. The van der Waals surface area contributed by atoms with E-state index in [0.717, 1.165) is 50.9 Å². The molecule has 2 N–H and O–H groups in total. The number of aliphatic imine (C=N–C) groups is 1. The van der Waals surface area contributed by atoms with E-state index in [9.17, 15) is 0 Å². The number of piperazine rings is 1. The molecule has 2 rings (SSSR count). The molecule has 0 spiro atoms. The summed E-state index contributed by atoms with van der Waals surface area (Å²) in [6.07, 6.45) is 0.900. The van der Waals surface area contributed by atoms with Crippen LogP contribution in [-0.2, 0) is 6.42 Å². The van der Waals surface area contributed by atoms with E-state index < -0.39 is 0 Å². The zero-order valence-corrected chi connectivity index (χ0v) is 16.3. The molecule has 6 heteroatoms. The van der Waals surface area contributed by atoms with Crippen LogP contribution < -0.4 is 15.4 Å². The number of guanidine groups is 1. The first kappa shape index (κ1) is 19.5. The number of hydrogen-bond donors (Lipinski definition) is 2. The minimum Gasteiger partial charge on any atom is -0.496 e. The van der Waals surface area contributed by atoms with Crippen molar-refractivity contribution in [2.45, 2.75) is 19.4 Å². The van der Waals surface area contributed by atoms with Crippen LogP contribution in [0.25, 0.3) is 0 Å². The van der Waals surface area contributed by atoms with Crippen molar-refractivity contribution in [2.24, 2.45) is 4.99 Å². The summed E-state index contributed by atoms with van der Waals surface area (Å²) >= 11 is 0. The third-order valence-electron chi connectivity index (χ3n) is 4.83. The number of methoxy groups -OCH3 is 1. The molecule has 1 aliphatic rings. The molecule has 6 nitrogen and oxygen atoms in total. The zero-order valence-electron chi connectivity index (χ0n) is 16.3. The van der Waals surface area contributed by atoms with E-state index in [1.54, 1.807) is 7.11 Å². The number of benzene rings is 1. The standard InChI is InChI=1S/C19H33N5O/c1-15-6-7-18(25-5)16(12-15)8-9-21-19(20-2)22-13-17-14-23(3)10-11-24(17)4/h6-7,12,17H,8-11,13-14H2,1-5H3,(H2,20,21,22). The summed E-state index contributed by atoms with van der Waals surface area (Å²) in [6.45, 7) is 7.16. The van der Waals surface area contributed by atoms with Crippen LogP contribution in [0.2, 0.25) is 0 Å². The fraction of sp³-hybridized carbons (Fsp3) is 0.632. The van der Waals surface area contributed by atoms with Crippen molar-refractivity contribution in [3.8, 4) is 5.75 Å². The monoisotopic (exact) mass is 347 g/mol. The van der Waals surface area contributed by atoms with Crippen molar-refractivity contribution < 1.29 is 4.74 Å². The van der Waals surface area contributed by atoms with Gasteiger partial charge in [0.15, 0.2) is 5.96 Å². The second-order valence-electron chi connectivity index (χ2n) is 6.84. The Bertz CT molecular complexity index is 575. The molecule has 1 aromatic rings. The highest BCUT2D eigenvalue weighted by molar-refractivity contribution is 5.79. The van der Waals surface area contributed by atoms with Gasteiger partial charge in [0, 0.05) is 45.8 Å². The highest BCUT2D eigenvalue weighted by Gasteiger charge is 2.21. The first-order valence-electron chi connectivity index (χ1n) is 9.00. The molecule has 1 fully saturated rings. The Morgan fingerprint density at radius 3 is 2.80 bits per heavy atom. The molecule has 25 heavy (non-hydrogen) atoms. The fourth-order valence-corrected chi connectivity index (χ4v) is 3.18. The van der Waals surface area contributed by atoms with Crippen LogP contribution in [0.4, 0.5) is 0 Å². The maximum atomic E-state index is 5.45. The SMILES string of the molecule is CN=C(NCCc1cc(C)ccc1OC)NCC1CN(C)CCN1C. The average Bonchev–Trinajstić information content (AvgIpc) is 2.60. The molecule has 1 aliphatic heterocycles. The highest BCUT2D eigenvalue weighted by atomic mass is 16.5. The number of nitrogens with zero attached hydrogens (tertiary/aromatic N) is 3. The molecule has 0 saturated carbocycles.